The van der Waals surface area contributed by atoms with E-state index >= 15 is 4.39 Å². The molecule has 37 heavy (non-hydrogen) atoms. The molecule has 3 aliphatic heterocycles. The quantitative estimate of drug-likeness (QED) is 0.282. The maximum absolute atomic E-state index is 16.6. The highest BCUT2D eigenvalue weighted by atomic mass is 19.1. The van der Waals surface area contributed by atoms with Gasteiger partial charge in [-0.3, -0.25) is 9.38 Å². The summed E-state index contributed by atoms with van der Waals surface area (Å²) in [6.45, 7) is 10.3. The summed E-state index contributed by atoms with van der Waals surface area (Å²) in [6, 6.07) is 19.9. The summed E-state index contributed by atoms with van der Waals surface area (Å²) in [5.74, 6) is 0.498. The van der Waals surface area contributed by atoms with Crippen molar-refractivity contribution in [2.75, 3.05) is 39.3 Å². The highest BCUT2D eigenvalue weighted by molar-refractivity contribution is 6.04. The van der Waals surface area contributed by atoms with E-state index in [1.807, 2.05) is 36.4 Å². The molecule has 2 bridgehead atoms. The van der Waals surface area contributed by atoms with Gasteiger partial charge in [-0.15, -0.1) is 0 Å². The molecule has 7 rings (SSSR count). The van der Waals surface area contributed by atoms with Crippen LogP contribution in [0.4, 0.5) is 14.6 Å². The molecule has 0 amide bonds. The molecule has 0 N–H and O–H groups in total. The van der Waals surface area contributed by atoms with E-state index in [0.717, 1.165) is 72.9 Å². The number of halogens is 2. The zero-order valence-electron chi connectivity index (χ0n) is 21.4. The lowest BCUT2D eigenvalue weighted by Gasteiger charge is -2.49. The van der Waals surface area contributed by atoms with Crippen molar-refractivity contribution in [1.82, 2.24) is 14.4 Å². The molecule has 0 atom stereocenters. The fourth-order valence-corrected chi connectivity index (χ4v) is 5.86. The van der Waals surface area contributed by atoms with Gasteiger partial charge >= 0.3 is 0 Å². The van der Waals surface area contributed by atoms with Crippen molar-refractivity contribution in [3.63, 3.8) is 0 Å². The summed E-state index contributed by atoms with van der Waals surface area (Å²) < 4.78 is 37.1. The molecule has 190 valence electrons. The van der Waals surface area contributed by atoms with Crippen molar-refractivity contribution in [3.8, 4) is 16.9 Å². The summed E-state index contributed by atoms with van der Waals surface area (Å²) in [4.78, 5) is 7.75. The molecule has 3 aliphatic rings. The molecule has 0 spiro atoms. The van der Waals surface area contributed by atoms with Crippen LogP contribution in [0.3, 0.4) is 0 Å². The number of piperazine rings is 3. The van der Waals surface area contributed by atoms with Gasteiger partial charge in [0.05, 0.1) is 25.3 Å². The average Bonchev–Trinajstić information content (AvgIpc) is 2.94. The first-order valence-corrected chi connectivity index (χ1v) is 13.1. The Balaban J connectivity index is 1.58. The van der Waals surface area contributed by atoms with E-state index in [0.29, 0.717) is 9.87 Å². The van der Waals surface area contributed by atoms with Crippen molar-refractivity contribution >= 4 is 16.6 Å². The highest BCUT2D eigenvalue weighted by Crippen LogP contribution is 2.44. The molecule has 4 heterocycles. The minimum Gasteiger partial charge on any atom is -0.486 e. The molecular formula is C31H32F2N3O+. The second-order valence-electron chi connectivity index (χ2n) is 10.6. The number of benzene rings is 3. The summed E-state index contributed by atoms with van der Waals surface area (Å²) in [7, 11) is 0. The maximum Gasteiger partial charge on any atom is 0.239 e. The van der Waals surface area contributed by atoms with Crippen LogP contribution in [-0.2, 0) is 6.61 Å². The van der Waals surface area contributed by atoms with E-state index < -0.39 is 0 Å². The molecule has 0 saturated carbocycles. The van der Waals surface area contributed by atoms with Gasteiger partial charge in [0.15, 0.2) is 11.6 Å². The second kappa shape index (κ2) is 9.51. The Labute approximate surface area is 216 Å². The molecule has 1 aromatic heterocycles. The standard InChI is InChI=1S/C31H32F2N3O/c1-21(2)30-27(23-8-10-24(32)11-9-23)25-12-13-26(37-20-22-6-4-3-5-7-22)29(33)28(25)31(34-30)36-17-14-35(15-18-36)16-19-36/h3-13,21H,14-20H2,1-2H3/q+1. The third-order valence-corrected chi connectivity index (χ3v) is 7.98. The first-order chi connectivity index (χ1) is 17.9. The van der Waals surface area contributed by atoms with E-state index in [-0.39, 0.29) is 29.9 Å². The number of quaternary nitrogens is 1. The largest absolute Gasteiger partial charge is 0.486 e. The smallest absolute Gasteiger partial charge is 0.239 e. The van der Waals surface area contributed by atoms with E-state index in [9.17, 15) is 4.39 Å². The van der Waals surface area contributed by atoms with E-state index in [2.05, 4.69) is 18.7 Å². The normalized spacial score (nSPS) is 21.1. The lowest BCUT2D eigenvalue weighted by molar-refractivity contribution is 0.0664. The molecule has 3 aromatic carbocycles. The van der Waals surface area contributed by atoms with Crippen LogP contribution in [0.1, 0.15) is 31.0 Å². The summed E-state index contributed by atoms with van der Waals surface area (Å²) >= 11 is 0. The van der Waals surface area contributed by atoms with Gasteiger partial charge in [-0.25, -0.2) is 8.78 Å². The molecule has 6 heteroatoms. The van der Waals surface area contributed by atoms with Crippen LogP contribution < -0.4 is 9.22 Å². The topological polar surface area (TPSA) is 25.4 Å². The molecular weight excluding hydrogens is 468 g/mol. The fourth-order valence-electron chi connectivity index (χ4n) is 5.86. The van der Waals surface area contributed by atoms with Crippen molar-refractivity contribution in [1.29, 1.82) is 0 Å². The van der Waals surface area contributed by atoms with E-state index in [4.69, 9.17) is 9.72 Å². The molecule has 0 unspecified atom stereocenters. The summed E-state index contributed by atoms with van der Waals surface area (Å²) in [6.07, 6.45) is 0. The average molecular weight is 501 g/mol. The predicted molar refractivity (Wildman–Crippen MR) is 145 cm³/mol. The number of ether oxygens (including phenoxy) is 1. The number of hydrogen-bond donors (Lipinski definition) is 0. The van der Waals surface area contributed by atoms with E-state index in [1.165, 1.54) is 12.1 Å². The highest BCUT2D eigenvalue weighted by Gasteiger charge is 2.44. The van der Waals surface area contributed by atoms with Crippen LogP contribution in [-0.4, -0.2) is 49.2 Å². The molecule has 0 aliphatic carbocycles. The number of pyridine rings is 1. The Morgan fingerprint density at radius 2 is 1.57 bits per heavy atom. The molecule has 3 saturated heterocycles. The van der Waals surface area contributed by atoms with Crippen molar-refractivity contribution < 1.29 is 13.5 Å². The Morgan fingerprint density at radius 1 is 0.892 bits per heavy atom. The van der Waals surface area contributed by atoms with Gasteiger partial charge in [0, 0.05) is 30.6 Å². The van der Waals surface area contributed by atoms with Crippen LogP contribution in [0.15, 0.2) is 66.7 Å². The zero-order chi connectivity index (χ0) is 25.6. The predicted octanol–water partition coefficient (Wildman–Crippen LogP) is 6.52. The zero-order valence-corrected chi connectivity index (χ0v) is 21.4. The van der Waals surface area contributed by atoms with E-state index in [1.54, 1.807) is 18.2 Å². The first-order valence-electron chi connectivity index (χ1n) is 13.1. The lowest BCUT2D eigenvalue weighted by Crippen LogP contribution is -2.68. The number of nitrogens with zero attached hydrogens (tertiary/aromatic N) is 3. The molecule has 3 fully saturated rings. The van der Waals surface area contributed by atoms with Crippen molar-refractivity contribution in [2.45, 2.75) is 26.4 Å². The van der Waals surface area contributed by atoms with Crippen LogP contribution in [0.2, 0.25) is 0 Å². The second-order valence-corrected chi connectivity index (χ2v) is 10.6. The van der Waals surface area contributed by atoms with Crippen LogP contribution >= 0.6 is 0 Å². The first kappa shape index (κ1) is 24.0. The molecule has 4 aromatic rings. The fraction of sp³-hybridized carbons (Fsp3) is 0.323. The van der Waals surface area contributed by atoms with Crippen molar-refractivity contribution in [2.24, 2.45) is 0 Å². The van der Waals surface area contributed by atoms with Gasteiger partial charge < -0.3 is 4.74 Å². The van der Waals surface area contributed by atoms with Gasteiger partial charge in [-0.2, -0.15) is 4.98 Å². The Hall–Kier alpha value is -3.35. The number of aromatic nitrogens is 1. The third kappa shape index (κ3) is 4.28. The van der Waals surface area contributed by atoms with Gasteiger partial charge in [0.25, 0.3) is 0 Å². The summed E-state index contributed by atoms with van der Waals surface area (Å²) in [5.41, 5.74) is 3.62. The minimum atomic E-state index is -0.366. The Bertz CT molecular complexity index is 1420. The lowest BCUT2D eigenvalue weighted by atomic mass is 9.91. The van der Waals surface area contributed by atoms with Gasteiger partial charge in [-0.05, 0) is 41.3 Å². The van der Waals surface area contributed by atoms with Gasteiger partial charge in [-0.1, -0.05) is 56.3 Å². The Kier molecular flexibility index (Phi) is 6.17. The third-order valence-electron chi connectivity index (χ3n) is 7.98. The maximum atomic E-state index is 16.6. The van der Waals surface area contributed by atoms with Crippen LogP contribution in [0.25, 0.3) is 21.9 Å². The van der Waals surface area contributed by atoms with Crippen LogP contribution in [0.5, 0.6) is 5.75 Å². The molecule has 0 radical (unpaired) electrons. The summed E-state index contributed by atoms with van der Waals surface area (Å²) in [5, 5.41) is 1.34. The monoisotopic (exact) mass is 500 g/mol. The Morgan fingerprint density at radius 3 is 2.22 bits per heavy atom. The minimum absolute atomic E-state index is 0.115. The number of hydrogen-bond acceptors (Lipinski definition) is 3. The number of rotatable bonds is 6. The van der Waals surface area contributed by atoms with Gasteiger partial charge in [0.2, 0.25) is 5.82 Å². The van der Waals surface area contributed by atoms with Crippen molar-refractivity contribution in [3.05, 3.63) is 89.6 Å². The SMILES string of the molecule is CC(C)c1nc([N+]23CCN(CC2)CC3)c2c(F)c(OCc3ccccc3)ccc2c1-c1ccc(F)cc1. The van der Waals surface area contributed by atoms with Gasteiger partial charge in [0.1, 0.15) is 17.8 Å². The number of fused-ring (bicyclic) bond motifs is 4. The molecule has 4 nitrogen and oxygen atoms in total. The van der Waals surface area contributed by atoms with Crippen LogP contribution in [0, 0.1) is 11.6 Å².